The van der Waals surface area contributed by atoms with Gasteiger partial charge in [0.15, 0.2) is 0 Å². The number of nitro benzene ring substituents is 2. The van der Waals surface area contributed by atoms with E-state index in [1.165, 1.54) is 11.0 Å². The van der Waals surface area contributed by atoms with Crippen molar-refractivity contribution in [3.8, 4) is 0 Å². The van der Waals surface area contributed by atoms with Crippen LogP contribution in [-0.4, -0.2) is 34.0 Å². The summed E-state index contributed by atoms with van der Waals surface area (Å²) in [5, 5.41) is 30.5. The summed E-state index contributed by atoms with van der Waals surface area (Å²) >= 11 is 0. The van der Waals surface area contributed by atoms with Gasteiger partial charge in [0, 0.05) is 12.6 Å². The van der Waals surface area contributed by atoms with Crippen LogP contribution < -0.4 is 4.90 Å². The zero-order chi connectivity index (χ0) is 15.3. The van der Waals surface area contributed by atoms with E-state index in [0.29, 0.717) is 13.0 Å². The number of nitro groups is 2. The van der Waals surface area contributed by atoms with Gasteiger partial charge in [-0.15, -0.1) is 0 Å². The lowest BCUT2D eigenvalue weighted by Crippen LogP contribution is -2.30. The first-order valence-electron chi connectivity index (χ1n) is 5.76. The number of hydrogen-bond donors (Lipinski definition) is 1. The van der Waals surface area contributed by atoms with Crippen LogP contribution in [0, 0.1) is 20.2 Å². The standard InChI is InChI=1S/C11H13N3O6/c1-2-5-12(7-11(15)16)9-4-3-8(13(17)18)6-10(9)14(19)20/h3-4,6H,2,5,7H2,1H3,(H,15,16). The van der Waals surface area contributed by atoms with Gasteiger partial charge in [-0.3, -0.25) is 25.0 Å². The first-order chi connectivity index (χ1) is 9.36. The molecule has 0 aromatic heterocycles. The van der Waals surface area contributed by atoms with Gasteiger partial charge < -0.3 is 10.0 Å². The fraction of sp³-hybridized carbons (Fsp3) is 0.364. The van der Waals surface area contributed by atoms with E-state index in [9.17, 15) is 25.0 Å². The number of aliphatic carboxylic acids is 1. The van der Waals surface area contributed by atoms with Crippen LogP contribution in [0.25, 0.3) is 0 Å². The number of hydrogen-bond acceptors (Lipinski definition) is 6. The Labute approximate surface area is 113 Å². The summed E-state index contributed by atoms with van der Waals surface area (Å²) in [5.41, 5.74) is -0.828. The molecule has 0 radical (unpaired) electrons. The fourth-order valence-corrected chi connectivity index (χ4v) is 1.76. The van der Waals surface area contributed by atoms with Crippen LogP contribution in [0.2, 0.25) is 0 Å². The van der Waals surface area contributed by atoms with E-state index in [4.69, 9.17) is 5.11 Å². The van der Waals surface area contributed by atoms with Crippen LogP contribution >= 0.6 is 0 Å². The number of carboxylic acid groups (broad SMARTS) is 1. The van der Waals surface area contributed by atoms with E-state index >= 15 is 0 Å². The molecular weight excluding hydrogens is 270 g/mol. The molecule has 0 atom stereocenters. The molecule has 0 amide bonds. The lowest BCUT2D eigenvalue weighted by Gasteiger charge is -2.21. The quantitative estimate of drug-likeness (QED) is 0.597. The molecule has 0 aliphatic heterocycles. The van der Waals surface area contributed by atoms with Gasteiger partial charge in [0.05, 0.1) is 15.9 Å². The third kappa shape index (κ3) is 3.64. The Morgan fingerprint density at radius 1 is 1.30 bits per heavy atom. The summed E-state index contributed by atoms with van der Waals surface area (Å²) in [6.07, 6.45) is 0.585. The Morgan fingerprint density at radius 2 is 1.95 bits per heavy atom. The topological polar surface area (TPSA) is 127 Å². The van der Waals surface area contributed by atoms with Gasteiger partial charge in [-0.1, -0.05) is 6.92 Å². The normalized spacial score (nSPS) is 10.1. The summed E-state index contributed by atoms with van der Waals surface area (Å²) in [5.74, 6) is -1.13. The minimum Gasteiger partial charge on any atom is -0.480 e. The predicted octanol–water partition coefficient (Wildman–Crippen LogP) is 1.80. The Balaban J connectivity index is 3.29. The molecule has 1 rings (SSSR count). The lowest BCUT2D eigenvalue weighted by atomic mass is 10.2. The number of rotatable bonds is 7. The molecule has 0 saturated heterocycles. The number of carboxylic acids is 1. The second-order valence-electron chi connectivity index (χ2n) is 4.00. The van der Waals surface area contributed by atoms with Gasteiger partial charge >= 0.3 is 5.97 Å². The highest BCUT2D eigenvalue weighted by Gasteiger charge is 2.24. The lowest BCUT2D eigenvalue weighted by molar-refractivity contribution is -0.393. The molecule has 1 aromatic rings. The maximum atomic E-state index is 11.0. The van der Waals surface area contributed by atoms with Crippen molar-refractivity contribution in [2.24, 2.45) is 0 Å². The van der Waals surface area contributed by atoms with Gasteiger partial charge in [-0.05, 0) is 12.5 Å². The van der Waals surface area contributed by atoms with Crippen LogP contribution in [-0.2, 0) is 4.79 Å². The summed E-state index contributed by atoms with van der Waals surface area (Å²) in [4.78, 5) is 32.2. The first-order valence-corrected chi connectivity index (χ1v) is 5.76. The minimum atomic E-state index is -1.13. The summed E-state index contributed by atoms with van der Waals surface area (Å²) < 4.78 is 0. The molecule has 0 aliphatic carbocycles. The smallest absolute Gasteiger partial charge is 0.323 e. The minimum absolute atomic E-state index is 0.0600. The van der Waals surface area contributed by atoms with Gasteiger partial charge in [0.2, 0.25) is 0 Å². The van der Waals surface area contributed by atoms with Gasteiger partial charge in [0.25, 0.3) is 11.4 Å². The van der Waals surface area contributed by atoms with E-state index in [1.54, 1.807) is 6.92 Å². The molecule has 0 heterocycles. The maximum absolute atomic E-state index is 11.0. The zero-order valence-electron chi connectivity index (χ0n) is 10.7. The fourth-order valence-electron chi connectivity index (χ4n) is 1.76. The van der Waals surface area contributed by atoms with Crippen LogP contribution in [0.3, 0.4) is 0 Å². The number of carbonyl (C=O) groups is 1. The third-order valence-corrected chi connectivity index (χ3v) is 2.53. The summed E-state index contributed by atoms with van der Waals surface area (Å²) in [6.45, 7) is 1.68. The SMILES string of the molecule is CCCN(CC(=O)O)c1ccc([N+](=O)[O-])cc1[N+](=O)[O-]. The Hall–Kier alpha value is -2.71. The van der Waals surface area contributed by atoms with Crippen molar-refractivity contribution >= 4 is 23.0 Å². The van der Waals surface area contributed by atoms with Crippen LogP contribution in [0.1, 0.15) is 13.3 Å². The highest BCUT2D eigenvalue weighted by atomic mass is 16.6. The molecular formula is C11H13N3O6. The number of non-ortho nitro benzene ring substituents is 1. The summed E-state index contributed by atoms with van der Waals surface area (Å²) in [7, 11) is 0. The number of anilines is 1. The molecule has 9 heteroatoms. The van der Waals surface area contributed by atoms with Crippen LogP contribution in [0.4, 0.5) is 17.1 Å². The van der Waals surface area contributed by atoms with E-state index in [1.807, 2.05) is 0 Å². The van der Waals surface area contributed by atoms with Gasteiger partial charge in [-0.25, -0.2) is 0 Å². The van der Waals surface area contributed by atoms with Crippen LogP contribution in [0.15, 0.2) is 18.2 Å². The molecule has 0 unspecified atom stereocenters. The number of benzene rings is 1. The second kappa shape index (κ2) is 6.45. The zero-order valence-corrected chi connectivity index (χ0v) is 10.7. The second-order valence-corrected chi connectivity index (χ2v) is 4.00. The highest BCUT2D eigenvalue weighted by molar-refractivity contribution is 5.77. The number of nitrogens with zero attached hydrogens (tertiary/aromatic N) is 3. The molecule has 20 heavy (non-hydrogen) atoms. The summed E-state index contributed by atoms with van der Waals surface area (Å²) in [6, 6.07) is 3.15. The van der Waals surface area contributed by atoms with E-state index in [0.717, 1.165) is 12.1 Å². The molecule has 1 N–H and O–H groups in total. The Bertz CT molecular complexity index is 545. The molecule has 0 saturated carbocycles. The van der Waals surface area contributed by atoms with E-state index in [2.05, 4.69) is 0 Å². The van der Waals surface area contributed by atoms with E-state index in [-0.39, 0.29) is 5.69 Å². The average molecular weight is 283 g/mol. The van der Waals surface area contributed by atoms with Crippen molar-refractivity contribution in [1.29, 1.82) is 0 Å². The van der Waals surface area contributed by atoms with Crippen molar-refractivity contribution in [1.82, 2.24) is 0 Å². The monoisotopic (exact) mass is 283 g/mol. The van der Waals surface area contributed by atoms with Gasteiger partial charge in [0.1, 0.15) is 12.2 Å². The molecule has 1 aromatic carbocycles. The predicted molar refractivity (Wildman–Crippen MR) is 69.9 cm³/mol. The van der Waals surface area contributed by atoms with Crippen LogP contribution in [0.5, 0.6) is 0 Å². The van der Waals surface area contributed by atoms with Gasteiger partial charge in [-0.2, -0.15) is 0 Å². The molecule has 0 aliphatic rings. The molecule has 0 bridgehead atoms. The Kier molecular flexibility index (Phi) is 4.95. The largest absolute Gasteiger partial charge is 0.480 e. The molecule has 108 valence electrons. The van der Waals surface area contributed by atoms with Crippen molar-refractivity contribution < 1.29 is 19.7 Å². The Morgan fingerprint density at radius 3 is 2.40 bits per heavy atom. The highest BCUT2D eigenvalue weighted by Crippen LogP contribution is 2.32. The molecule has 0 fully saturated rings. The van der Waals surface area contributed by atoms with Crippen molar-refractivity contribution in [2.75, 3.05) is 18.0 Å². The first kappa shape index (κ1) is 15.3. The average Bonchev–Trinajstić information content (AvgIpc) is 2.36. The maximum Gasteiger partial charge on any atom is 0.323 e. The van der Waals surface area contributed by atoms with Crippen molar-refractivity contribution in [3.63, 3.8) is 0 Å². The molecule has 0 spiro atoms. The van der Waals surface area contributed by atoms with E-state index < -0.39 is 33.7 Å². The van der Waals surface area contributed by atoms with Crippen molar-refractivity contribution in [3.05, 3.63) is 38.4 Å². The third-order valence-electron chi connectivity index (χ3n) is 2.53. The van der Waals surface area contributed by atoms with Crippen molar-refractivity contribution in [2.45, 2.75) is 13.3 Å². The molecule has 9 nitrogen and oxygen atoms in total.